The van der Waals surface area contributed by atoms with E-state index in [1.807, 2.05) is 0 Å². The Kier molecular flexibility index (Phi) is 5.30. The molecule has 7 heteroatoms. The number of carbonyl (C=O) groups is 2. The highest BCUT2D eigenvalue weighted by molar-refractivity contribution is 7.17. The monoisotopic (exact) mass is 311 g/mol. The van der Waals surface area contributed by atoms with Crippen LogP contribution in [0.4, 0.5) is 5.13 Å². The Balaban J connectivity index is 2.06. The Hall–Kier alpha value is -1.47. The van der Waals surface area contributed by atoms with Crippen LogP contribution in [0, 0.1) is 0 Å². The van der Waals surface area contributed by atoms with Gasteiger partial charge in [0.2, 0.25) is 0 Å². The first kappa shape index (κ1) is 15.9. The molecule has 1 aromatic heterocycles. The fraction of sp³-hybridized carbons (Fsp3) is 0.643. The van der Waals surface area contributed by atoms with Crippen molar-refractivity contribution in [3.05, 3.63) is 10.6 Å². The number of methoxy groups -OCH3 is 1. The van der Waals surface area contributed by atoms with E-state index in [-0.39, 0.29) is 11.5 Å². The van der Waals surface area contributed by atoms with Crippen LogP contribution in [0.15, 0.2) is 0 Å². The third kappa shape index (κ3) is 3.79. The molecule has 1 aliphatic heterocycles. The molecule has 1 aliphatic rings. The van der Waals surface area contributed by atoms with Crippen molar-refractivity contribution in [3.8, 4) is 0 Å². The first-order valence-electron chi connectivity index (χ1n) is 7.07. The number of nitrogens with one attached hydrogen (secondary N) is 1. The standard InChI is InChI=1S/C14H21N3O3S/c1-9(18)12-11(13(19)20-3)16-14(21-12)15-8-10-6-4-5-7-17(10)2/h10H,4-8H2,1-3H3,(H,15,16). The molecule has 0 radical (unpaired) electrons. The number of piperidine rings is 1. The lowest BCUT2D eigenvalue weighted by Gasteiger charge is -2.32. The van der Waals surface area contributed by atoms with Gasteiger partial charge in [-0.1, -0.05) is 17.8 Å². The topological polar surface area (TPSA) is 71.5 Å². The number of Topliss-reactive ketones (excluding diaryl/α,β-unsaturated/α-hetero) is 1. The molecule has 21 heavy (non-hydrogen) atoms. The summed E-state index contributed by atoms with van der Waals surface area (Å²) in [6.45, 7) is 3.30. The van der Waals surface area contributed by atoms with Gasteiger partial charge in [-0.05, 0) is 26.4 Å². The van der Waals surface area contributed by atoms with E-state index in [1.165, 1.54) is 38.2 Å². The molecule has 1 saturated heterocycles. The Morgan fingerprint density at radius 3 is 2.86 bits per heavy atom. The molecule has 116 valence electrons. The summed E-state index contributed by atoms with van der Waals surface area (Å²) in [6, 6.07) is 0.463. The Morgan fingerprint density at radius 1 is 1.48 bits per heavy atom. The van der Waals surface area contributed by atoms with Gasteiger partial charge in [0.1, 0.15) is 4.88 Å². The number of thiazole rings is 1. The van der Waals surface area contributed by atoms with Gasteiger partial charge in [-0.15, -0.1) is 0 Å². The van der Waals surface area contributed by atoms with Gasteiger partial charge in [-0.3, -0.25) is 4.79 Å². The minimum absolute atomic E-state index is 0.106. The van der Waals surface area contributed by atoms with Crippen molar-refractivity contribution in [1.82, 2.24) is 9.88 Å². The lowest BCUT2D eigenvalue weighted by Crippen LogP contribution is -2.40. The second-order valence-corrected chi connectivity index (χ2v) is 6.25. The molecule has 0 amide bonds. The van der Waals surface area contributed by atoms with Gasteiger partial charge in [0.25, 0.3) is 0 Å². The lowest BCUT2D eigenvalue weighted by molar-refractivity contribution is 0.0591. The van der Waals surface area contributed by atoms with Crippen molar-refractivity contribution in [2.24, 2.45) is 0 Å². The fourth-order valence-corrected chi connectivity index (χ4v) is 3.33. The van der Waals surface area contributed by atoms with Crippen LogP contribution in [0.3, 0.4) is 0 Å². The molecule has 6 nitrogen and oxygen atoms in total. The van der Waals surface area contributed by atoms with Crippen LogP contribution in [0.25, 0.3) is 0 Å². The van der Waals surface area contributed by atoms with Gasteiger partial charge in [0.15, 0.2) is 16.6 Å². The molecular formula is C14H21N3O3S. The molecule has 2 rings (SSSR count). The van der Waals surface area contributed by atoms with Crippen LogP contribution in [0.2, 0.25) is 0 Å². The van der Waals surface area contributed by atoms with Gasteiger partial charge in [0, 0.05) is 19.5 Å². The van der Waals surface area contributed by atoms with Crippen LogP contribution < -0.4 is 5.32 Å². The number of aromatic nitrogens is 1. The maximum Gasteiger partial charge on any atom is 0.358 e. The van der Waals surface area contributed by atoms with Crippen molar-refractivity contribution < 1.29 is 14.3 Å². The van der Waals surface area contributed by atoms with Crippen LogP contribution in [-0.4, -0.2) is 54.9 Å². The Labute approximate surface area is 128 Å². The quantitative estimate of drug-likeness (QED) is 0.663. The Bertz CT molecular complexity index is 530. The third-order valence-electron chi connectivity index (χ3n) is 3.74. The maximum atomic E-state index is 11.6. The molecule has 0 aliphatic carbocycles. The molecule has 0 aromatic carbocycles. The molecule has 0 spiro atoms. The van der Waals surface area contributed by atoms with E-state index in [1.54, 1.807) is 0 Å². The zero-order chi connectivity index (χ0) is 15.4. The summed E-state index contributed by atoms with van der Waals surface area (Å²) in [5.41, 5.74) is 0.106. The van der Waals surface area contributed by atoms with E-state index < -0.39 is 5.97 Å². The minimum atomic E-state index is -0.570. The average Bonchev–Trinajstić information content (AvgIpc) is 2.90. The highest BCUT2D eigenvalue weighted by Crippen LogP contribution is 2.25. The van der Waals surface area contributed by atoms with Crippen LogP contribution in [0.1, 0.15) is 46.3 Å². The zero-order valence-corrected chi connectivity index (χ0v) is 13.5. The normalized spacial score (nSPS) is 19.3. The maximum absolute atomic E-state index is 11.6. The molecule has 1 N–H and O–H groups in total. The second kappa shape index (κ2) is 7.00. The molecule has 1 atom stereocenters. The van der Waals surface area contributed by atoms with Gasteiger partial charge in [-0.25, -0.2) is 9.78 Å². The van der Waals surface area contributed by atoms with Crippen molar-refractivity contribution in [2.45, 2.75) is 32.2 Å². The molecule has 1 unspecified atom stereocenters. The second-order valence-electron chi connectivity index (χ2n) is 5.26. The first-order chi connectivity index (χ1) is 10.0. The van der Waals surface area contributed by atoms with E-state index in [2.05, 4.69) is 27.0 Å². The highest BCUT2D eigenvalue weighted by Gasteiger charge is 2.23. The van der Waals surface area contributed by atoms with Crippen LogP contribution in [0.5, 0.6) is 0 Å². The van der Waals surface area contributed by atoms with E-state index in [0.717, 1.165) is 19.5 Å². The number of ether oxygens (including phenoxy) is 1. The molecular weight excluding hydrogens is 290 g/mol. The number of likely N-dealkylation sites (N-methyl/N-ethyl adjacent to an activating group) is 1. The van der Waals surface area contributed by atoms with Crippen molar-refractivity contribution in [2.75, 3.05) is 32.6 Å². The van der Waals surface area contributed by atoms with Gasteiger partial charge < -0.3 is 15.0 Å². The summed E-state index contributed by atoms with van der Waals surface area (Å²) in [5, 5.41) is 3.84. The SMILES string of the molecule is COC(=O)c1nc(NCC2CCCCN2C)sc1C(C)=O. The van der Waals surface area contributed by atoms with Gasteiger partial charge in [0.05, 0.1) is 7.11 Å². The highest BCUT2D eigenvalue weighted by atomic mass is 32.1. The zero-order valence-electron chi connectivity index (χ0n) is 12.6. The Morgan fingerprint density at radius 2 is 2.24 bits per heavy atom. The van der Waals surface area contributed by atoms with Crippen LogP contribution in [-0.2, 0) is 4.74 Å². The van der Waals surface area contributed by atoms with E-state index in [4.69, 9.17) is 0 Å². The number of esters is 1. The summed E-state index contributed by atoms with van der Waals surface area (Å²) in [6.07, 6.45) is 3.63. The number of carbonyl (C=O) groups excluding carboxylic acids is 2. The first-order valence-corrected chi connectivity index (χ1v) is 7.88. The number of nitrogens with zero attached hydrogens (tertiary/aromatic N) is 2. The van der Waals surface area contributed by atoms with Crippen molar-refractivity contribution in [1.29, 1.82) is 0 Å². The largest absolute Gasteiger partial charge is 0.464 e. The molecule has 0 bridgehead atoms. The van der Waals surface area contributed by atoms with Crippen LogP contribution >= 0.6 is 11.3 Å². The molecule has 1 fully saturated rings. The summed E-state index contributed by atoms with van der Waals surface area (Å²) in [5.74, 6) is -0.741. The number of ketones is 1. The van der Waals surface area contributed by atoms with Crippen molar-refractivity contribution in [3.63, 3.8) is 0 Å². The number of rotatable bonds is 5. The van der Waals surface area contributed by atoms with E-state index in [0.29, 0.717) is 16.1 Å². The van der Waals surface area contributed by atoms with E-state index in [9.17, 15) is 9.59 Å². The molecule has 2 heterocycles. The predicted octanol–water partition coefficient (Wildman–Crippen LogP) is 2.03. The molecule has 1 aromatic rings. The van der Waals surface area contributed by atoms with Crippen molar-refractivity contribution >= 4 is 28.2 Å². The number of hydrogen-bond donors (Lipinski definition) is 1. The fourth-order valence-electron chi connectivity index (χ4n) is 2.48. The summed E-state index contributed by atoms with van der Waals surface area (Å²) >= 11 is 1.21. The van der Waals surface area contributed by atoms with Gasteiger partial charge >= 0.3 is 5.97 Å². The summed E-state index contributed by atoms with van der Waals surface area (Å²) in [7, 11) is 3.41. The smallest absolute Gasteiger partial charge is 0.358 e. The lowest BCUT2D eigenvalue weighted by atomic mass is 10.0. The predicted molar refractivity (Wildman–Crippen MR) is 82.2 cm³/mol. The molecule has 0 saturated carbocycles. The summed E-state index contributed by atoms with van der Waals surface area (Å²) < 4.78 is 4.67. The third-order valence-corrected chi connectivity index (χ3v) is 4.85. The number of anilines is 1. The van der Waals surface area contributed by atoms with E-state index >= 15 is 0 Å². The number of hydrogen-bond acceptors (Lipinski definition) is 7. The van der Waals surface area contributed by atoms with Gasteiger partial charge in [-0.2, -0.15) is 0 Å². The average molecular weight is 311 g/mol. The number of likely N-dealkylation sites (tertiary alicyclic amines) is 1. The minimum Gasteiger partial charge on any atom is -0.464 e. The summed E-state index contributed by atoms with van der Waals surface area (Å²) in [4.78, 5) is 30.1.